The van der Waals surface area contributed by atoms with Gasteiger partial charge in [0.1, 0.15) is 6.10 Å². The van der Waals surface area contributed by atoms with Crippen LogP contribution >= 0.6 is 27.3 Å². The molecule has 2 atom stereocenters. The normalized spacial score (nSPS) is 22.7. The van der Waals surface area contributed by atoms with Gasteiger partial charge in [0.25, 0.3) is 0 Å². The maximum absolute atomic E-state index is 10.8. The zero-order valence-electron chi connectivity index (χ0n) is 11.2. The first-order valence-corrected chi connectivity index (χ1v) is 8.43. The van der Waals surface area contributed by atoms with Crippen molar-refractivity contribution in [1.82, 2.24) is 4.90 Å². The third-order valence-corrected chi connectivity index (χ3v) is 6.20. The van der Waals surface area contributed by atoms with Gasteiger partial charge >= 0.3 is 0 Å². The quantitative estimate of drug-likeness (QED) is 0.893. The van der Waals surface area contributed by atoms with Crippen molar-refractivity contribution < 1.29 is 5.11 Å². The van der Waals surface area contributed by atoms with Crippen LogP contribution in [0.1, 0.15) is 50.5 Å². The van der Waals surface area contributed by atoms with Crippen molar-refractivity contribution in [2.75, 3.05) is 13.1 Å². The van der Waals surface area contributed by atoms with E-state index < -0.39 is 6.10 Å². The minimum atomic E-state index is -0.407. The molecule has 18 heavy (non-hydrogen) atoms. The first-order valence-electron chi connectivity index (χ1n) is 6.75. The van der Waals surface area contributed by atoms with E-state index in [1.165, 1.54) is 19.3 Å². The van der Waals surface area contributed by atoms with Crippen molar-refractivity contribution >= 4 is 27.3 Å². The van der Waals surface area contributed by atoms with Gasteiger partial charge in [-0.3, -0.25) is 4.90 Å². The van der Waals surface area contributed by atoms with E-state index in [1.54, 1.807) is 11.3 Å². The molecule has 2 nitrogen and oxygen atoms in total. The van der Waals surface area contributed by atoms with Crippen LogP contribution in [0, 0.1) is 0 Å². The Bertz CT molecular complexity index is 389. The smallest absolute Gasteiger partial charge is 0.107 e. The van der Waals surface area contributed by atoms with Gasteiger partial charge in [0, 0.05) is 14.9 Å². The Labute approximate surface area is 122 Å². The molecular weight excluding hydrogens is 310 g/mol. The summed E-state index contributed by atoms with van der Waals surface area (Å²) < 4.78 is 1.04. The van der Waals surface area contributed by atoms with Crippen LogP contribution in [-0.4, -0.2) is 28.6 Å². The Morgan fingerprint density at radius 3 is 2.61 bits per heavy atom. The average Bonchev–Trinajstić information content (AvgIpc) is 2.84. The van der Waals surface area contributed by atoms with Crippen LogP contribution < -0.4 is 0 Å². The summed E-state index contributed by atoms with van der Waals surface area (Å²) in [5, 5.41) is 12.8. The fourth-order valence-electron chi connectivity index (χ4n) is 2.78. The lowest BCUT2D eigenvalue weighted by Gasteiger charge is -2.45. The molecule has 1 fully saturated rings. The minimum absolute atomic E-state index is 0.145. The fraction of sp³-hybridized carbons (Fsp3) is 0.714. The number of thiophene rings is 1. The van der Waals surface area contributed by atoms with Gasteiger partial charge in [-0.25, -0.2) is 0 Å². The Morgan fingerprint density at radius 2 is 2.11 bits per heavy atom. The second-order valence-electron chi connectivity index (χ2n) is 5.29. The number of halogens is 1. The Hall–Kier alpha value is 0.1000. The maximum atomic E-state index is 10.8. The molecule has 1 aromatic heterocycles. The number of nitrogens with zero attached hydrogens (tertiary/aromatic N) is 1. The van der Waals surface area contributed by atoms with Crippen molar-refractivity contribution in [3.8, 4) is 0 Å². The molecule has 0 radical (unpaired) electrons. The van der Waals surface area contributed by atoms with Crippen LogP contribution in [0.25, 0.3) is 0 Å². The monoisotopic (exact) mass is 331 g/mol. The van der Waals surface area contributed by atoms with Crippen molar-refractivity contribution in [3.63, 3.8) is 0 Å². The zero-order valence-corrected chi connectivity index (χ0v) is 13.6. The van der Waals surface area contributed by atoms with Gasteiger partial charge in [-0.05, 0) is 66.7 Å². The zero-order chi connectivity index (χ0) is 13.2. The first kappa shape index (κ1) is 14.5. The summed E-state index contributed by atoms with van der Waals surface area (Å²) in [4.78, 5) is 3.54. The molecule has 0 amide bonds. The van der Waals surface area contributed by atoms with Crippen molar-refractivity contribution in [2.45, 2.75) is 51.2 Å². The second-order valence-corrected chi connectivity index (χ2v) is 7.10. The molecule has 0 aliphatic carbocycles. The molecule has 0 saturated carbocycles. The summed E-state index contributed by atoms with van der Waals surface area (Å²) in [6, 6.07) is 2.02. The number of rotatable bonds is 4. The molecule has 2 unspecified atom stereocenters. The van der Waals surface area contributed by atoms with Crippen molar-refractivity contribution in [2.24, 2.45) is 0 Å². The highest BCUT2D eigenvalue weighted by Crippen LogP contribution is 2.40. The van der Waals surface area contributed by atoms with Crippen LogP contribution in [0.5, 0.6) is 0 Å². The van der Waals surface area contributed by atoms with E-state index in [4.69, 9.17) is 0 Å². The average molecular weight is 332 g/mol. The van der Waals surface area contributed by atoms with Crippen LogP contribution in [-0.2, 0) is 0 Å². The molecule has 4 heteroatoms. The predicted octanol–water partition coefficient (Wildman–Crippen LogP) is 4.20. The molecule has 2 heterocycles. The minimum Gasteiger partial charge on any atom is -0.386 e. The summed E-state index contributed by atoms with van der Waals surface area (Å²) >= 11 is 5.18. The highest BCUT2D eigenvalue weighted by Gasteiger charge is 2.39. The summed E-state index contributed by atoms with van der Waals surface area (Å²) in [5.74, 6) is 0. The highest BCUT2D eigenvalue weighted by atomic mass is 79.9. The molecule has 0 bridgehead atoms. The van der Waals surface area contributed by atoms with Crippen LogP contribution in [0.4, 0.5) is 0 Å². The number of hydrogen-bond donors (Lipinski definition) is 1. The van der Waals surface area contributed by atoms with Crippen LogP contribution in [0.3, 0.4) is 0 Å². The number of likely N-dealkylation sites (tertiary alicyclic amines) is 1. The Morgan fingerprint density at radius 1 is 1.44 bits per heavy atom. The summed E-state index contributed by atoms with van der Waals surface area (Å²) in [5.41, 5.74) is -0.145. The van der Waals surface area contributed by atoms with E-state index in [1.807, 2.05) is 11.4 Å². The second kappa shape index (κ2) is 6.04. The lowest BCUT2D eigenvalue weighted by molar-refractivity contribution is -0.0338. The highest BCUT2D eigenvalue weighted by molar-refractivity contribution is 9.10. The van der Waals surface area contributed by atoms with Crippen LogP contribution in [0.2, 0.25) is 0 Å². The Balaban J connectivity index is 2.22. The third-order valence-electron chi connectivity index (χ3n) is 4.28. The topological polar surface area (TPSA) is 23.5 Å². The molecular formula is C14H22BrNOS. The molecule has 1 saturated heterocycles. The van der Waals surface area contributed by atoms with Crippen molar-refractivity contribution in [1.29, 1.82) is 0 Å². The van der Waals surface area contributed by atoms with E-state index in [2.05, 4.69) is 34.7 Å². The molecule has 1 N–H and O–H groups in total. The van der Waals surface area contributed by atoms with E-state index in [0.717, 1.165) is 28.9 Å². The number of aliphatic hydroxyl groups is 1. The van der Waals surface area contributed by atoms with Gasteiger partial charge in [-0.2, -0.15) is 0 Å². The first-order chi connectivity index (χ1) is 8.59. The largest absolute Gasteiger partial charge is 0.386 e. The number of aliphatic hydroxyl groups excluding tert-OH is 1. The molecule has 2 rings (SSSR count). The molecule has 1 aliphatic rings. The standard InChI is InChI=1S/C14H22BrNOS/c1-3-14(2,16-8-5-4-6-9-16)13(17)12-11(15)7-10-18-12/h7,10,13,17H,3-6,8-9H2,1-2H3. The van der Waals surface area contributed by atoms with Crippen LogP contribution in [0.15, 0.2) is 15.9 Å². The van der Waals surface area contributed by atoms with Gasteiger partial charge in [0.15, 0.2) is 0 Å². The lowest BCUT2D eigenvalue weighted by Crippen LogP contribution is -2.52. The summed E-state index contributed by atoms with van der Waals surface area (Å²) in [7, 11) is 0. The molecule has 102 valence electrons. The predicted molar refractivity (Wildman–Crippen MR) is 81.1 cm³/mol. The van der Waals surface area contributed by atoms with Gasteiger partial charge in [0.2, 0.25) is 0 Å². The lowest BCUT2D eigenvalue weighted by atomic mass is 9.86. The van der Waals surface area contributed by atoms with Gasteiger partial charge in [0.05, 0.1) is 0 Å². The van der Waals surface area contributed by atoms with E-state index in [-0.39, 0.29) is 5.54 Å². The third kappa shape index (κ3) is 2.67. The van der Waals surface area contributed by atoms with Crippen molar-refractivity contribution in [3.05, 3.63) is 20.8 Å². The number of piperidine rings is 1. The maximum Gasteiger partial charge on any atom is 0.107 e. The number of hydrogen-bond acceptors (Lipinski definition) is 3. The fourth-order valence-corrected chi connectivity index (χ4v) is 4.50. The van der Waals surface area contributed by atoms with E-state index in [9.17, 15) is 5.11 Å². The van der Waals surface area contributed by atoms with E-state index >= 15 is 0 Å². The summed E-state index contributed by atoms with van der Waals surface area (Å²) in [6.07, 6.45) is 4.41. The summed E-state index contributed by atoms with van der Waals surface area (Å²) in [6.45, 7) is 6.61. The SMILES string of the molecule is CCC(C)(C(O)c1sccc1Br)N1CCCCC1. The molecule has 1 aromatic rings. The van der Waals surface area contributed by atoms with Gasteiger partial charge < -0.3 is 5.11 Å². The molecule has 0 aromatic carbocycles. The Kier molecular flexibility index (Phi) is 4.86. The molecule has 0 spiro atoms. The van der Waals surface area contributed by atoms with E-state index in [0.29, 0.717) is 0 Å². The molecule has 1 aliphatic heterocycles. The van der Waals surface area contributed by atoms with Gasteiger partial charge in [-0.1, -0.05) is 13.3 Å². The van der Waals surface area contributed by atoms with Gasteiger partial charge in [-0.15, -0.1) is 11.3 Å².